The minimum atomic E-state index is -0.290. The predicted octanol–water partition coefficient (Wildman–Crippen LogP) is 1.85. The molecule has 0 radical (unpaired) electrons. The maximum Gasteiger partial charge on any atom is 0.314 e. The van der Waals surface area contributed by atoms with E-state index in [1.165, 1.54) is 7.11 Å². The highest BCUT2D eigenvalue weighted by Crippen LogP contribution is 2.21. The molecule has 1 saturated heterocycles. The fourth-order valence-electron chi connectivity index (χ4n) is 2.66. The molecule has 1 aromatic carbocycles. The summed E-state index contributed by atoms with van der Waals surface area (Å²) >= 11 is 0. The lowest BCUT2D eigenvalue weighted by molar-refractivity contribution is -0.143. The van der Waals surface area contributed by atoms with Crippen LogP contribution in [0.4, 0.5) is 0 Å². The van der Waals surface area contributed by atoms with E-state index >= 15 is 0 Å². The Hall–Kier alpha value is -1.68. The first-order chi connectivity index (χ1) is 9.61. The first kappa shape index (κ1) is 14.7. The summed E-state index contributed by atoms with van der Waals surface area (Å²) in [5, 5.41) is 0. The number of carbonyl (C=O) groups excluding carboxylic acids is 2. The summed E-state index contributed by atoms with van der Waals surface area (Å²) in [7, 11) is 1.42. The molecule has 1 fully saturated rings. The van der Waals surface area contributed by atoms with E-state index in [1.807, 2.05) is 37.3 Å². The highest BCUT2D eigenvalue weighted by Gasteiger charge is 2.29. The Kier molecular flexibility index (Phi) is 4.90. The SMILES string of the molecule is COC(=O)C(CN1CCC(=O)C(C)C1)c1ccccc1. The standard InChI is InChI=1S/C16H21NO3/c1-12-10-17(9-8-15(12)18)11-14(16(19)20-2)13-6-4-3-5-7-13/h3-7,12,14H,8-11H2,1-2H3. The monoisotopic (exact) mass is 275 g/mol. The first-order valence-electron chi connectivity index (χ1n) is 6.99. The van der Waals surface area contributed by atoms with Gasteiger partial charge >= 0.3 is 5.97 Å². The Morgan fingerprint density at radius 3 is 2.70 bits per heavy atom. The third-order valence-electron chi connectivity index (χ3n) is 3.88. The number of piperidine rings is 1. The Bertz CT molecular complexity index is 472. The van der Waals surface area contributed by atoms with Crippen molar-refractivity contribution in [1.82, 2.24) is 4.90 Å². The number of ether oxygens (including phenoxy) is 1. The van der Waals surface area contributed by atoms with Crippen LogP contribution in [-0.4, -0.2) is 43.4 Å². The van der Waals surface area contributed by atoms with Gasteiger partial charge in [0.25, 0.3) is 0 Å². The van der Waals surface area contributed by atoms with E-state index in [1.54, 1.807) is 0 Å². The van der Waals surface area contributed by atoms with Crippen LogP contribution >= 0.6 is 0 Å². The number of nitrogens with zero attached hydrogens (tertiary/aromatic N) is 1. The van der Waals surface area contributed by atoms with Crippen LogP contribution in [-0.2, 0) is 14.3 Å². The molecule has 4 nitrogen and oxygen atoms in total. The zero-order valence-electron chi connectivity index (χ0n) is 12.0. The average molecular weight is 275 g/mol. The molecule has 0 aromatic heterocycles. The number of carbonyl (C=O) groups is 2. The maximum atomic E-state index is 12.0. The van der Waals surface area contributed by atoms with Crippen LogP contribution in [0, 0.1) is 5.92 Å². The van der Waals surface area contributed by atoms with Gasteiger partial charge in [0.15, 0.2) is 0 Å². The molecule has 2 rings (SSSR count). The van der Waals surface area contributed by atoms with Crippen molar-refractivity contribution in [2.75, 3.05) is 26.7 Å². The summed E-state index contributed by atoms with van der Waals surface area (Å²) in [5.74, 6) is -0.143. The molecule has 0 amide bonds. The normalized spacial score (nSPS) is 21.5. The highest BCUT2D eigenvalue weighted by atomic mass is 16.5. The van der Waals surface area contributed by atoms with E-state index < -0.39 is 0 Å². The van der Waals surface area contributed by atoms with Gasteiger partial charge in [0.2, 0.25) is 0 Å². The molecule has 0 bridgehead atoms. The van der Waals surface area contributed by atoms with Crippen molar-refractivity contribution < 1.29 is 14.3 Å². The van der Waals surface area contributed by atoms with Crippen LogP contribution in [0.2, 0.25) is 0 Å². The Morgan fingerprint density at radius 1 is 1.40 bits per heavy atom. The molecule has 1 aliphatic rings. The van der Waals surface area contributed by atoms with Gasteiger partial charge in [-0.2, -0.15) is 0 Å². The molecule has 0 saturated carbocycles. The molecule has 108 valence electrons. The van der Waals surface area contributed by atoms with Gasteiger partial charge in [-0.1, -0.05) is 37.3 Å². The minimum Gasteiger partial charge on any atom is -0.469 e. The first-order valence-corrected chi connectivity index (χ1v) is 6.99. The molecule has 1 aromatic rings. The average Bonchev–Trinajstić information content (AvgIpc) is 2.48. The van der Waals surface area contributed by atoms with Crippen LogP contribution < -0.4 is 0 Å². The number of rotatable bonds is 4. The van der Waals surface area contributed by atoms with Crippen molar-refractivity contribution in [2.24, 2.45) is 5.92 Å². The van der Waals surface area contributed by atoms with Gasteiger partial charge in [-0.25, -0.2) is 0 Å². The molecule has 2 unspecified atom stereocenters. The van der Waals surface area contributed by atoms with E-state index in [9.17, 15) is 9.59 Å². The number of benzene rings is 1. The highest BCUT2D eigenvalue weighted by molar-refractivity contribution is 5.82. The summed E-state index contributed by atoms with van der Waals surface area (Å²) in [6, 6.07) is 9.67. The number of hydrogen-bond donors (Lipinski definition) is 0. The summed E-state index contributed by atoms with van der Waals surface area (Å²) in [5.41, 5.74) is 0.962. The maximum absolute atomic E-state index is 12.0. The van der Waals surface area contributed by atoms with Gasteiger partial charge in [-0.3, -0.25) is 9.59 Å². The lowest BCUT2D eigenvalue weighted by Gasteiger charge is -2.32. The van der Waals surface area contributed by atoms with Crippen molar-refractivity contribution >= 4 is 11.8 Å². The molecule has 0 N–H and O–H groups in total. The van der Waals surface area contributed by atoms with Crippen LogP contribution in [0.25, 0.3) is 0 Å². The molecule has 0 aliphatic carbocycles. The zero-order valence-corrected chi connectivity index (χ0v) is 12.0. The summed E-state index contributed by atoms with van der Waals surface area (Å²) in [6.45, 7) is 4.00. The number of likely N-dealkylation sites (tertiary alicyclic amines) is 1. The molecule has 4 heteroatoms. The third kappa shape index (κ3) is 3.45. The van der Waals surface area contributed by atoms with Crippen molar-refractivity contribution in [2.45, 2.75) is 19.3 Å². The number of methoxy groups -OCH3 is 1. The van der Waals surface area contributed by atoms with Crippen molar-refractivity contribution in [1.29, 1.82) is 0 Å². The summed E-state index contributed by atoms with van der Waals surface area (Å²) in [4.78, 5) is 25.8. The topological polar surface area (TPSA) is 46.6 Å². The third-order valence-corrected chi connectivity index (χ3v) is 3.88. The molecular formula is C16H21NO3. The van der Waals surface area contributed by atoms with E-state index in [-0.39, 0.29) is 17.8 Å². The van der Waals surface area contributed by atoms with E-state index in [4.69, 9.17) is 4.74 Å². The number of ketones is 1. The lowest BCUT2D eigenvalue weighted by atomic mass is 9.94. The van der Waals surface area contributed by atoms with Gasteiger partial charge in [0.05, 0.1) is 13.0 Å². The van der Waals surface area contributed by atoms with Crippen LogP contribution in [0.15, 0.2) is 30.3 Å². The molecular weight excluding hydrogens is 254 g/mol. The second-order valence-corrected chi connectivity index (χ2v) is 5.36. The van der Waals surface area contributed by atoms with Gasteiger partial charge in [0, 0.05) is 32.0 Å². The second-order valence-electron chi connectivity index (χ2n) is 5.36. The largest absolute Gasteiger partial charge is 0.469 e. The van der Waals surface area contributed by atoms with Crippen LogP contribution in [0.5, 0.6) is 0 Å². The smallest absolute Gasteiger partial charge is 0.314 e. The lowest BCUT2D eigenvalue weighted by Crippen LogP contribution is -2.42. The molecule has 1 aliphatic heterocycles. The Morgan fingerprint density at radius 2 is 2.10 bits per heavy atom. The Balaban J connectivity index is 2.09. The predicted molar refractivity (Wildman–Crippen MR) is 76.4 cm³/mol. The number of hydrogen-bond acceptors (Lipinski definition) is 4. The minimum absolute atomic E-state index is 0.0535. The van der Waals surface area contributed by atoms with E-state index in [0.29, 0.717) is 18.7 Å². The van der Waals surface area contributed by atoms with Crippen LogP contribution in [0.1, 0.15) is 24.8 Å². The molecule has 1 heterocycles. The van der Waals surface area contributed by atoms with E-state index in [0.717, 1.165) is 18.7 Å². The van der Waals surface area contributed by atoms with Gasteiger partial charge < -0.3 is 9.64 Å². The molecule has 2 atom stereocenters. The van der Waals surface area contributed by atoms with Crippen molar-refractivity contribution in [3.8, 4) is 0 Å². The van der Waals surface area contributed by atoms with Gasteiger partial charge in [-0.15, -0.1) is 0 Å². The quantitative estimate of drug-likeness (QED) is 0.787. The zero-order chi connectivity index (χ0) is 14.5. The number of Topliss-reactive ketones (excluding diaryl/α,β-unsaturated/α-hetero) is 1. The van der Waals surface area contributed by atoms with Gasteiger partial charge in [-0.05, 0) is 5.56 Å². The van der Waals surface area contributed by atoms with Gasteiger partial charge in [0.1, 0.15) is 5.78 Å². The Labute approximate surface area is 119 Å². The van der Waals surface area contributed by atoms with Crippen LogP contribution in [0.3, 0.4) is 0 Å². The molecule has 20 heavy (non-hydrogen) atoms. The van der Waals surface area contributed by atoms with E-state index in [2.05, 4.69) is 4.90 Å². The van der Waals surface area contributed by atoms with Crippen molar-refractivity contribution in [3.05, 3.63) is 35.9 Å². The van der Waals surface area contributed by atoms with Crippen molar-refractivity contribution in [3.63, 3.8) is 0 Å². The fraction of sp³-hybridized carbons (Fsp3) is 0.500. The fourth-order valence-corrected chi connectivity index (χ4v) is 2.66. The summed E-state index contributed by atoms with van der Waals surface area (Å²) in [6.07, 6.45) is 0.573. The summed E-state index contributed by atoms with van der Waals surface area (Å²) < 4.78 is 4.92. The molecule has 0 spiro atoms. The second kappa shape index (κ2) is 6.66. The number of esters is 1.